The lowest BCUT2D eigenvalue weighted by Gasteiger charge is -2.30. The van der Waals surface area contributed by atoms with Crippen LogP contribution < -0.4 is 0 Å². The van der Waals surface area contributed by atoms with Crippen molar-refractivity contribution in [3.05, 3.63) is 23.8 Å². The Hall–Kier alpha value is -2.04. The number of hydrogen-bond donors (Lipinski definition) is 2. The molecule has 1 fully saturated rings. The van der Waals surface area contributed by atoms with Crippen LogP contribution in [0.2, 0.25) is 0 Å². The fourth-order valence-corrected chi connectivity index (χ4v) is 3.30. The van der Waals surface area contributed by atoms with Gasteiger partial charge in [0.05, 0.1) is 5.92 Å². The predicted molar refractivity (Wildman–Crippen MR) is 86.9 cm³/mol. The maximum atomic E-state index is 12.7. The number of phenols is 2. The average molecular weight is 319 g/mol. The number of amides is 2. The van der Waals surface area contributed by atoms with Gasteiger partial charge in [-0.25, -0.2) is 0 Å². The quantitative estimate of drug-likeness (QED) is 0.646. The molecule has 2 rings (SSSR count). The van der Waals surface area contributed by atoms with Crippen molar-refractivity contribution in [1.82, 2.24) is 4.90 Å². The van der Waals surface area contributed by atoms with Crippen LogP contribution in [0.25, 0.3) is 0 Å². The minimum absolute atomic E-state index is 0.0997. The first-order valence-corrected chi connectivity index (χ1v) is 8.05. The van der Waals surface area contributed by atoms with Crippen molar-refractivity contribution in [3.8, 4) is 11.5 Å². The smallest absolute Gasteiger partial charge is 0.233 e. The topological polar surface area (TPSA) is 77.8 Å². The highest BCUT2D eigenvalue weighted by Gasteiger charge is 2.50. The molecule has 0 aromatic heterocycles. The van der Waals surface area contributed by atoms with Gasteiger partial charge in [-0.15, -0.1) is 0 Å². The van der Waals surface area contributed by atoms with E-state index in [2.05, 4.69) is 0 Å². The van der Waals surface area contributed by atoms with E-state index >= 15 is 0 Å². The molecular weight excluding hydrogens is 294 g/mol. The zero-order chi connectivity index (χ0) is 17.4. The number of benzene rings is 1. The summed E-state index contributed by atoms with van der Waals surface area (Å²) >= 11 is 0. The van der Waals surface area contributed by atoms with Gasteiger partial charge in [0.2, 0.25) is 11.8 Å². The summed E-state index contributed by atoms with van der Waals surface area (Å²) in [5.41, 5.74) is 0.560. The summed E-state index contributed by atoms with van der Waals surface area (Å²) in [4.78, 5) is 26.5. The summed E-state index contributed by atoms with van der Waals surface area (Å²) in [5, 5.41) is 18.8. The van der Waals surface area contributed by atoms with Gasteiger partial charge in [-0.05, 0) is 29.5 Å². The Bertz CT molecular complexity index is 623. The molecule has 1 aliphatic heterocycles. The van der Waals surface area contributed by atoms with E-state index in [0.29, 0.717) is 13.0 Å². The van der Waals surface area contributed by atoms with Gasteiger partial charge in [0, 0.05) is 12.5 Å². The third kappa shape index (κ3) is 3.19. The highest BCUT2D eigenvalue weighted by molar-refractivity contribution is 6.05. The number of likely N-dealkylation sites (tertiary alicyclic amines) is 1. The molecule has 1 saturated heterocycles. The minimum atomic E-state index is -0.300. The highest BCUT2D eigenvalue weighted by Crippen LogP contribution is 2.41. The number of carbonyl (C=O) groups excluding carboxylic acids is 2. The molecule has 0 bridgehead atoms. The summed E-state index contributed by atoms with van der Waals surface area (Å²) in [6.07, 6.45) is 1.29. The monoisotopic (exact) mass is 319 g/mol. The summed E-state index contributed by atoms with van der Waals surface area (Å²) in [5.74, 6) is -1.18. The number of imide groups is 1. The maximum Gasteiger partial charge on any atom is 0.233 e. The van der Waals surface area contributed by atoms with Crippen molar-refractivity contribution in [2.24, 2.45) is 17.3 Å². The Morgan fingerprint density at radius 2 is 1.78 bits per heavy atom. The number of carbonyl (C=O) groups is 2. The van der Waals surface area contributed by atoms with Gasteiger partial charge in [-0.2, -0.15) is 0 Å². The average Bonchev–Trinajstić information content (AvgIpc) is 2.71. The third-order valence-electron chi connectivity index (χ3n) is 5.10. The first-order chi connectivity index (χ1) is 10.7. The van der Waals surface area contributed by atoms with Crippen LogP contribution in [0.15, 0.2) is 18.2 Å². The Balaban J connectivity index is 2.12. The Labute approximate surface area is 136 Å². The van der Waals surface area contributed by atoms with E-state index in [0.717, 1.165) is 12.0 Å². The van der Waals surface area contributed by atoms with Crippen molar-refractivity contribution in [1.29, 1.82) is 0 Å². The van der Waals surface area contributed by atoms with Crippen molar-refractivity contribution < 1.29 is 19.8 Å². The fourth-order valence-electron chi connectivity index (χ4n) is 3.30. The summed E-state index contributed by atoms with van der Waals surface area (Å²) in [7, 11) is 0. The molecule has 5 heteroatoms. The van der Waals surface area contributed by atoms with E-state index in [1.807, 2.05) is 27.7 Å². The molecule has 2 atom stereocenters. The summed E-state index contributed by atoms with van der Waals surface area (Å²) < 4.78 is 0. The SMILES string of the molecule is CCC(C)(C)C1C(=O)N(CCc2ccc(O)c(O)c2)C(=O)C1C. The maximum absolute atomic E-state index is 12.7. The number of rotatable bonds is 5. The van der Waals surface area contributed by atoms with E-state index in [9.17, 15) is 19.8 Å². The zero-order valence-corrected chi connectivity index (χ0v) is 14.2. The molecule has 2 N–H and O–H groups in total. The normalized spacial score (nSPS) is 22.0. The molecule has 5 nitrogen and oxygen atoms in total. The summed E-state index contributed by atoms with van der Waals surface area (Å²) in [6, 6.07) is 4.54. The van der Waals surface area contributed by atoms with E-state index in [1.165, 1.54) is 17.0 Å². The molecule has 1 aromatic rings. The van der Waals surface area contributed by atoms with Crippen molar-refractivity contribution in [3.63, 3.8) is 0 Å². The zero-order valence-electron chi connectivity index (χ0n) is 14.2. The first kappa shape index (κ1) is 17.3. The number of nitrogens with zero attached hydrogens (tertiary/aromatic N) is 1. The first-order valence-electron chi connectivity index (χ1n) is 8.05. The fraction of sp³-hybridized carbons (Fsp3) is 0.556. The van der Waals surface area contributed by atoms with Crippen LogP contribution in [0.3, 0.4) is 0 Å². The van der Waals surface area contributed by atoms with Crippen molar-refractivity contribution in [2.45, 2.75) is 40.5 Å². The number of hydrogen-bond acceptors (Lipinski definition) is 4. The molecule has 1 heterocycles. The third-order valence-corrected chi connectivity index (χ3v) is 5.10. The second-order valence-electron chi connectivity index (χ2n) is 7.01. The molecule has 2 unspecified atom stereocenters. The van der Waals surface area contributed by atoms with Crippen LogP contribution in [-0.4, -0.2) is 33.5 Å². The highest BCUT2D eigenvalue weighted by atomic mass is 16.3. The molecule has 1 aliphatic rings. The minimum Gasteiger partial charge on any atom is -0.504 e. The van der Waals surface area contributed by atoms with E-state index in [4.69, 9.17) is 0 Å². The lowest BCUT2D eigenvalue weighted by atomic mass is 9.72. The van der Waals surface area contributed by atoms with Gasteiger partial charge in [-0.1, -0.05) is 40.2 Å². The predicted octanol–water partition coefficient (Wildman–Crippen LogP) is 2.70. The molecule has 0 spiro atoms. The molecule has 126 valence electrons. The van der Waals surface area contributed by atoms with Crippen LogP contribution in [0.4, 0.5) is 0 Å². The Morgan fingerprint density at radius 1 is 1.13 bits per heavy atom. The lowest BCUT2D eigenvalue weighted by Crippen LogP contribution is -2.36. The van der Waals surface area contributed by atoms with Crippen LogP contribution >= 0.6 is 0 Å². The van der Waals surface area contributed by atoms with Crippen LogP contribution in [0.1, 0.15) is 39.7 Å². The van der Waals surface area contributed by atoms with Gasteiger partial charge < -0.3 is 10.2 Å². The molecule has 23 heavy (non-hydrogen) atoms. The number of aromatic hydroxyl groups is 2. The molecule has 1 aromatic carbocycles. The molecule has 0 radical (unpaired) electrons. The van der Waals surface area contributed by atoms with Crippen molar-refractivity contribution in [2.75, 3.05) is 6.54 Å². The van der Waals surface area contributed by atoms with Gasteiger partial charge in [0.15, 0.2) is 11.5 Å². The lowest BCUT2D eigenvalue weighted by molar-refractivity contribution is -0.140. The van der Waals surface area contributed by atoms with Crippen molar-refractivity contribution >= 4 is 11.8 Å². The molecule has 0 saturated carbocycles. The van der Waals surface area contributed by atoms with Gasteiger partial charge in [0.25, 0.3) is 0 Å². The summed E-state index contributed by atoms with van der Waals surface area (Å²) in [6.45, 7) is 8.21. The molecule has 2 amide bonds. The largest absolute Gasteiger partial charge is 0.504 e. The van der Waals surface area contributed by atoms with Crippen LogP contribution in [0, 0.1) is 17.3 Å². The Morgan fingerprint density at radius 3 is 2.35 bits per heavy atom. The van der Waals surface area contributed by atoms with E-state index in [1.54, 1.807) is 6.07 Å². The van der Waals surface area contributed by atoms with Gasteiger partial charge >= 0.3 is 0 Å². The molecular formula is C18H25NO4. The standard InChI is InChI=1S/C18H25NO4/c1-5-18(3,4)15-11(2)16(22)19(17(15)23)9-8-12-6-7-13(20)14(21)10-12/h6-7,10-11,15,20-21H,5,8-9H2,1-4H3. The van der Waals surface area contributed by atoms with Gasteiger partial charge in [0.1, 0.15) is 0 Å². The Kier molecular flexibility index (Phi) is 4.68. The van der Waals surface area contributed by atoms with E-state index < -0.39 is 0 Å². The number of phenolic OH excluding ortho intramolecular Hbond substituents is 2. The van der Waals surface area contributed by atoms with Crippen LogP contribution in [0.5, 0.6) is 11.5 Å². The van der Waals surface area contributed by atoms with Crippen LogP contribution in [-0.2, 0) is 16.0 Å². The second kappa shape index (κ2) is 6.22. The van der Waals surface area contributed by atoms with Gasteiger partial charge in [-0.3, -0.25) is 14.5 Å². The second-order valence-corrected chi connectivity index (χ2v) is 7.01. The van der Waals surface area contributed by atoms with E-state index in [-0.39, 0.29) is 40.6 Å². The molecule has 0 aliphatic carbocycles.